The van der Waals surface area contributed by atoms with Crippen LogP contribution in [0.1, 0.15) is 19.3 Å². The molecule has 0 bridgehead atoms. The summed E-state index contributed by atoms with van der Waals surface area (Å²) in [5, 5.41) is 0. The molecule has 0 heteroatoms. The van der Waals surface area contributed by atoms with Gasteiger partial charge in [0.15, 0.2) is 0 Å². The lowest BCUT2D eigenvalue weighted by Gasteiger charge is -2.30. The van der Waals surface area contributed by atoms with Crippen molar-refractivity contribution in [3.63, 3.8) is 0 Å². The van der Waals surface area contributed by atoms with Crippen molar-refractivity contribution in [2.24, 2.45) is 5.41 Å². The Morgan fingerprint density at radius 3 is 1.62 bits per heavy atom. The predicted molar refractivity (Wildman–Crippen MR) is 34.6 cm³/mol. The van der Waals surface area contributed by atoms with E-state index in [9.17, 15) is 0 Å². The Morgan fingerprint density at radius 2 is 1.38 bits per heavy atom. The first-order valence-electron chi connectivity index (χ1n) is 3.24. The van der Waals surface area contributed by atoms with Crippen LogP contribution in [0.25, 0.3) is 0 Å². The smallest absolute Gasteiger partial charge is 0.00149 e. The van der Waals surface area contributed by atoms with Crippen molar-refractivity contribution in [1.29, 1.82) is 0 Å². The minimum atomic E-state index is 0.625. The molecule has 0 heterocycles. The van der Waals surface area contributed by atoms with E-state index < -0.39 is 0 Å². The quantitative estimate of drug-likeness (QED) is 0.415. The Balaban J connectivity index is 2.18. The van der Waals surface area contributed by atoms with Crippen LogP contribution in [0.15, 0.2) is 24.3 Å². The first kappa shape index (κ1) is 4.37. The van der Waals surface area contributed by atoms with Gasteiger partial charge < -0.3 is 0 Å². The van der Waals surface area contributed by atoms with Gasteiger partial charge >= 0.3 is 0 Å². The van der Waals surface area contributed by atoms with Gasteiger partial charge in [0.1, 0.15) is 0 Å². The van der Waals surface area contributed by atoms with Crippen LogP contribution in [0.2, 0.25) is 0 Å². The van der Waals surface area contributed by atoms with Gasteiger partial charge in [-0.15, -0.1) is 0 Å². The molecule has 0 saturated carbocycles. The van der Waals surface area contributed by atoms with Gasteiger partial charge in [-0.3, -0.25) is 0 Å². The van der Waals surface area contributed by atoms with Crippen LogP contribution in [0.5, 0.6) is 0 Å². The second-order valence-corrected chi connectivity index (χ2v) is 2.85. The van der Waals surface area contributed by atoms with E-state index in [2.05, 4.69) is 24.3 Å². The molecular weight excluding hydrogens is 96.1 g/mol. The molecule has 0 atom stereocenters. The first-order chi connectivity index (χ1) is 3.91. The summed E-state index contributed by atoms with van der Waals surface area (Å²) in [6.45, 7) is 0. The maximum atomic E-state index is 2.35. The van der Waals surface area contributed by atoms with E-state index in [0.717, 1.165) is 0 Å². The van der Waals surface area contributed by atoms with E-state index in [1.807, 2.05) is 0 Å². The number of hydrogen-bond donors (Lipinski definition) is 0. The maximum Gasteiger partial charge on any atom is -0.00149 e. The second kappa shape index (κ2) is 1.25. The molecule has 0 fully saturated rings. The van der Waals surface area contributed by atoms with E-state index >= 15 is 0 Å². The highest BCUT2D eigenvalue weighted by Crippen LogP contribution is 2.44. The molecule has 1 spiro atoms. The fourth-order valence-electron chi connectivity index (χ4n) is 1.47. The fraction of sp³-hybridized carbons (Fsp3) is 0.500. The lowest BCUT2D eigenvalue weighted by atomic mass is 9.74. The monoisotopic (exact) mass is 106 g/mol. The third-order valence-corrected chi connectivity index (χ3v) is 2.21. The number of allylic oxidation sites excluding steroid dienone is 4. The SMILES string of the molecule is C1=CCC2(C=CC2)C1. The Kier molecular flexibility index (Phi) is 0.682. The van der Waals surface area contributed by atoms with Crippen molar-refractivity contribution in [2.45, 2.75) is 19.3 Å². The van der Waals surface area contributed by atoms with Crippen molar-refractivity contribution in [3.8, 4) is 0 Å². The van der Waals surface area contributed by atoms with Crippen molar-refractivity contribution < 1.29 is 0 Å². The average Bonchev–Trinajstić information content (AvgIpc) is 2.07. The Morgan fingerprint density at radius 1 is 0.875 bits per heavy atom. The van der Waals surface area contributed by atoms with Crippen molar-refractivity contribution in [2.75, 3.05) is 0 Å². The third-order valence-electron chi connectivity index (χ3n) is 2.21. The summed E-state index contributed by atoms with van der Waals surface area (Å²) >= 11 is 0. The van der Waals surface area contributed by atoms with Crippen LogP contribution >= 0.6 is 0 Å². The largest absolute Gasteiger partial charge is 0.0876 e. The highest BCUT2D eigenvalue weighted by Gasteiger charge is 2.31. The van der Waals surface area contributed by atoms with Gasteiger partial charge in [-0.1, -0.05) is 24.3 Å². The molecule has 0 nitrogen and oxygen atoms in total. The van der Waals surface area contributed by atoms with E-state index in [0.29, 0.717) is 5.41 Å². The predicted octanol–water partition coefficient (Wildman–Crippen LogP) is 2.28. The summed E-state index contributed by atoms with van der Waals surface area (Å²) < 4.78 is 0. The molecule has 0 amide bonds. The summed E-state index contributed by atoms with van der Waals surface area (Å²) in [5.41, 5.74) is 0.625. The molecule has 2 aliphatic carbocycles. The molecule has 0 aromatic rings. The van der Waals surface area contributed by atoms with Crippen LogP contribution in [-0.4, -0.2) is 0 Å². The van der Waals surface area contributed by atoms with Crippen molar-refractivity contribution in [3.05, 3.63) is 24.3 Å². The molecule has 8 heavy (non-hydrogen) atoms. The average molecular weight is 106 g/mol. The van der Waals surface area contributed by atoms with Crippen molar-refractivity contribution in [1.82, 2.24) is 0 Å². The van der Waals surface area contributed by atoms with Crippen LogP contribution in [-0.2, 0) is 0 Å². The van der Waals surface area contributed by atoms with Crippen LogP contribution < -0.4 is 0 Å². The van der Waals surface area contributed by atoms with Gasteiger partial charge in [0.05, 0.1) is 0 Å². The molecule has 2 rings (SSSR count). The second-order valence-electron chi connectivity index (χ2n) is 2.85. The van der Waals surface area contributed by atoms with Crippen molar-refractivity contribution >= 4 is 0 Å². The summed E-state index contributed by atoms with van der Waals surface area (Å²) in [6.07, 6.45) is 13.1. The van der Waals surface area contributed by atoms with Crippen LogP contribution in [0.3, 0.4) is 0 Å². The minimum absolute atomic E-state index is 0.625. The Bertz CT molecular complexity index is 143. The van der Waals surface area contributed by atoms with Gasteiger partial charge in [-0.2, -0.15) is 0 Å². The van der Waals surface area contributed by atoms with E-state index in [1.165, 1.54) is 19.3 Å². The van der Waals surface area contributed by atoms with Gasteiger partial charge in [-0.25, -0.2) is 0 Å². The normalized spacial score (nSPS) is 29.0. The lowest BCUT2D eigenvalue weighted by Crippen LogP contribution is -2.18. The standard InChI is InChI=1S/C8H10/c1-2-5-8(4-1)6-3-7-8/h1-3,6H,4-5,7H2. The minimum Gasteiger partial charge on any atom is -0.0876 e. The zero-order valence-electron chi connectivity index (χ0n) is 4.93. The molecule has 0 N–H and O–H groups in total. The summed E-state index contributed by atoms with van der Waals surface area (Å²) in [5.74, 6) is 0. The van der Waals surface area contributed by atoms with E-state index in [4.69, 9.17) is 0 Å². The molecule has 0 saturated heterocycles. The number of rotatable bonds is 0. The maximum absolute atomic E-state index is 2.35. The fourth-order valence-corrected chi connectivity index (χ4v) is 1.47. The molecule has 0 unspecified atom stereocenters. The molecule has 0 aromatic heterocycles. The van der Waals surface area contributed by atoms with Gasteiger partial charge in [0.2, 0.25) is 0 Å². The lowest BCUT2D eigenvalue weighted by molar-refractivity contribution is 0.379. The van der Waals surface area contributed by atoms with Gasteiger partial charge in [-0.05, 0) is 24.7 Å². The topological polar surface area (TPSA) is 0 Å². The molecule has 42 valence electrons. The third kappa shape index (κ3) is 0.405. The van der Waals surface area contributed by atoms with Gasteiger partial charge in [0.25, 0.3) is 0 Å². The molecule has 2 aliphatic rings. The first-order valence-corrected chi connectivity index (χ1v) is 3.24. The Labute approximate surface area is 49.9 Å². The highest BCUT2D eigenvalue weighted by atomic mass is 14.3. The van der Waals surface area contributed by atoms with E-state index in [1.54, 1.807) is 0 Å². The van der Waals surface area contributed by atoms with Gasteiger partial charge in [0, 0.05) is 0 Å². The summed E-state index contributed by atoms with van der Waals surface area (Å²) in [6, 6.07) is 0. The highest BCUT2D eigenvalue weighted by molar-refractivity contribution is 5.20. The summed E-state index contributed by atoms with van der Waals surface area (Å²) in [4.78, 5) is 0. The zero-order valence-corrected chi connectivity index (χ0v) is 4.93. The zero-order chi connectivity index (χ0) is 5.45. The molecule has 0 radical (unpaired) electrons. The summed E-state index contributed by atoms with van der Waals surface area (Å²) in [7, 11) is 0. The van der Waals surface area contributed by atoms with Crippen LogP contribution in [0, 0.1) is 5.41 Å². The van der Waals surface area contributed by atoms with E-state index in [-0.39, 0.29) is 0 Å². The molecular formula is C8H10. The Hall–Kier alpha value is -0.520. The molecule has 0 aliphatic heterocycles. The number of hydrogen-bond acceptors (Lipinski definition) is 0. The van der Waals surface area contributed by atoms with Crippen LogP contribution in [0.4, 0.5) is 0 Å². The molecule has 0 aromatic carbocycles.